The Morgan fingerprint density at radius 3 is 2.30 bits per heavy atom. The van der Waals surface area contributed by atoms with Crippen molar-refractivity contribution in [2.24, 2.45) is 11.8 Å². The molecule has 0 aromatic heterocycles. The van der Waals surface area contributed by atoms with E-state index in [0.717, 1.165) is 25.7 Å². The summed E-state index contributed by atoms with van der Waals surface area (Å²) in [4.78, 5) is 27.0. The number of carbonyl (C=O) groups excluding carboxylic acids is 2. The third-order valence-electron chi connectivity index (χ3n) is 6.61. The molecule has 1 aliphatic carbocycles. The summed E-state index contributed by atoms with van der Waals surface area (Å²) < 4.78 is 40.0. The second-order valence-corrected chi connectivity index (χ2v) is 10.5. The number of rotatable bonds is 5. The molecule has 1 saturated heterocycles. The maximum Gasteiger partial charge on any atom is 0.262 e. The number of amides is 2. The van der Waals surface area contributed by atoms with Gasteiger partial charge in [-0.25, -0.2) is 8.42 Å². The molecule has 174 valence electrons. The molecule has 33 heavy (non-hydrogen) atoms. The van der Waals surface area contributed by atoms with Crippen LogP contribution in [0.4, 0.5) is 5.69 Å². The van der Waals surface area contributed by atoms with Crippen LogP contribution in [0.25, 0.3) is 0 Å². The molecule has 1 saturated carbocycles. The zero-order valence-corrected chi connectivity index (χ0v) is 19.2. The second-order valence-electron chi connectivity index (χ2n) is 8.82. The lowest BCUT2D eigenvalue weighted by atomic mass is 9.81. The van der Waals surface area contributed by atoms with Crippen LogP contribution in [0.3, 0.4) is 0 Å². The third-order valence-corrected chi connectivity index (χ3v) is 8.13. The predicted molar refractivity (Wildman–Crippen MR) is 120 cm³/mol. The lowest BCUT2D eigenvalue weighted by Gasteiger charge is -2.19. The molecule has 3 aliphatic rings. The molecule has 2 aliphatic heterocycles. The van der Waals surface area contributed by atoms with Gasteiger partial charge < -0.3 is 9.47 Å². The third kappa shape index (κ3) is 4.06. The summed E-state index contributed by atoms with van der Waals surface area (Å²) in [6, 6.07) is 9.88. The predicted octanol–water partition coefficient (Wildman–Crippen LogP) is 3.24. The van der Waals surface area contributed by atoms with Crippen LogP contribution in [0.15, 0.2) is 41.3 Å². The van der Waals surface area contributed by atoms with Gasteiger partial charge in [0, 0.05) is 6.07 Å². The van der Waals surface area contributed by atoms with Crippen LogP contribution in [0.2, 0.25) is 0 Å². The van der Waals surface area contributed by atoms with Gasteiger partial charge in [0.15, 0.2) is 11.5 Å². The van der Waals surface area contributed by atoms with Crippen LogP contribution in [0.5, 0.6) is 11.5 Å². The van der Waals surface area contributed by atoms with Crippen LogP contribution < -0.4 is 14.2 Å². The number of nitrogens with one attached hydrogen (secondary N) is 1. The van der Waals surface area contributed by atoms with Gasteiger partial charge in [-0.05, 0) is 49.1 Å². The van der Waals surface area contributed by atoms with Crippen LogP contribution in [-0.2, 0) is 26.2 Å². The Kier molecular flexibility index (Phi) is 5.52. The Morgan fingerprint density at radius 2 is 1.61 bits per heavy atom. The molecule has 0 bridgehead atoms. The van der Waals surface area contributed by atoms with Gasteiger partial charge in [0.25, 0.3) is 10.0 Å². The van der Waals surface area contributed by atoms with Gasteiger partial charge in [-0.3, -0.25) is 19.2 Å². The van der Waals surface area contributed by atoms with E-state index in [1.807, 2.05) is 0 Å². The first kappa shape index (κ1) is 21.8. The largest absolute Gasteiger partial charge is 0.486 e. The highest BCUT2D eigenvalue weighted by molar-refractivity contribution is 7.92. The number of carbonyl (C=O) groups is 2. The van der Waals surface area contributed by atoms with Crippen molar-refractivity contribution >= 4 is 27.5 Å². The van der Waals surface area contributed by atoms with E-state index in [2.05, 4.69) is 4.72 Å². The van der Waals surface area contributed by atoms with Crippen LogP contribution in [-0.4, -0.2) is 38.3 Å². The molecular formula is C24H26N2O6S. The molecule has 5 rings (SSSR count). The van der Waals surface area contributed by atoms with E-state index in [1.165, 1.54) is 11.0 Å². The fourth-order valence-electron chi connectivity index (χ4n) is 4.92. The zero-order chi connectivity index (χ0) is 23.2. The summed E-state index contributed by atoms with van der Waals surface area (Å²) >= 11 is 0. The minimum atomic E-state index is -3.91. The molecule has 9 heteroatoms. The maximum absolute atomic E-state index is 13.2. The first-order valence-electron chi connectivity index (χ1n) is 11.2. The summed E-state index contributed by atoms with van der Waals surface area (Å²) in [7, 11) is -3.91. The molecule has 2 amide bonds. The van der Waals surface area contributed by atoms with Crippen molar-refractivity contribution in [3.63, 3.8) is 0 Å². The molecule has 2 atom stereocenters. The van der Waals surface area contributed by atoms with Crippen molar-refractivity contribution in [2.75, 3.05) is 17.9 Å². The number of imide groups is 1. The topological polar surface area (TPSA) is 102 Å². The average molecular weight is 471 g/mol. The second kappa shape index (κ2) is 8.37. The number of ether oxygens (including phenoxy) is 2. The van der Waals surface area contributed by atoms with Gasteiger partial charge in [-0.1, -0.05) is 25.0 Å². The normalized spacial score (nSPS) is 22.3. The fourth-order valence-corrected chi connectivity index (χ4v) is 6.26. The number of hydrogen-bond acceptors (Lipinski definition) is 6. The van der Waals surface area contributed by atoms with Crippen molar-refractivity contribution in [1.82, 2.24) is 4.90 Å². The maximum atomic E-state index is 13.2. The van der Waals surface area contributed by atoms with Crippen molar-refractivity contribution in [2.45, 2.75) is 44.0 Å². The van der Waals surface area contributed by atoms with Crippen LogP contribution in [0.1, 0.15) is 36.8 Å². The van der Waals surface area contributed by atoms with E-state index >= 15 is 0 Å². The van der Waals surface area contributed by atoms with Gasteiger partial charge in [-0.15, -0.1) is 0 Å². The molecule has 0 radical (unpaired) electrons. The van der Waals surface area contributed by atoms with E-state index < -0.39 is 10.0 Å². The zero-order valence-electron chi connectivity index (χ0n) is 18.4. The van der Waals surface area contributed by atoms with E-state index in [4.69, 9.17) is 9.47 Å². The Bertz CT molecular complexity index is 1200. The Labute approximate surface area is 192 Å². The highest BCUT2D eigenvalue weighted by Gasteiger charge is 2.47. The molecule has 0 unspecified atom stereocenters. The lowest BCUT2D eigenvalue weighted by Crippen LogP contribution is -2.30. The van der Waals surface area contributed by atoms with Crippen molar-refractivity contribution in [1.29, 1.82) is 0 Å². The first-order chi connectivity index (χ1) is 15.8. The van der Waals surface area contributed by atoms with E-state index in [1.54, 1.807) is 37.3 Å². The summed E-state index contributed by atoms with van der Waals surface area (Å²) in [6.45, 7) is 2.65. The minimum Gasteiger partial charge on any atom is -0.486 e. The quantitative estimate of drug-likeness (QED) is 0.673. The molecule has 1 N–H and O–H groups in total. The Morgan fingerprint density at radius 1 is 0.939 bits per heavy atom. The summed E-state index contributed by atoms with van der Waals surface area (Å²) in [5.74, 6) is 0.337. The van der Waals surface area contributed by atoms with Crippen molar-refractivity contribution in [3.05, 3.63) is 47.5 Å². The van der Waals surface area contributed by atoms with Gasteiger partial charge in [0.2, 0.25) is 11.8 Å². The van der Waals surface area contributed by atoms with Crippen molar-refractivity contribution in [3.8, 4) is 11.5 Å². The van der Waals surface area contributed by atoms with E-state index in [0.29, 0.717) is 41.5 Å². The molecule has 8 nitrogen and oxygen atoms in total. The number of sulfonamides is 1. The Balaban J connectivity index is 1.38. The molecule has 0 spiro atoms. The van der Waals surface area contributed by atoms with Gasteiger partial charge in [0.05, 0.1) is 29.0 Å². The molecular weight excluding hydrogens is 444 g/mol. The first-order valence-corrected chi connectivity index (χ1v) is 12.7. The molecule has 2 aromatic carbocycles. The lowest BCUT2D eigenvalue weighted by molar-refractivity contribution is -0.140. The SMILES string of the molecule is Cc1ccc(CN2C(=O)[C@H]3CCCC[C@@H]3C2=O)cc1S(=O)(=O)Nc1ccc2c(c1)OCCO2. The standard InChI is InChI=1S/C24H26N2O6S/c1-15-6-7-16(14-26-23(27)18-4-2-3-5-19(18)24(26)28)12-22(15)33(29,30)25-17-8-9-20-21(13-17)32-11-10-31-20/h6-9,12-13,18-19,25H,2-5,10-11,14H2,1H3/t18-,19-/m0/s1. The highest BCUT2D eigenvalue weighted by Crippen LogP contribution is 2.39. The van der Waals surface area contributed by atoms with E-state index in [9.17, 15) is 18.0 Å². The molecule has 2 fully saturated rings. The highest BCUT2D eigenvalue weighted by atomic mass is 32.2. The smallest absolute Gasteiger partial charge is 0.262 e. The van der Waals surface area contributed by atoms with E-state index in [-0.39, 0.29) is 35.1 Å². The van der Waals surface area contributed by atoms with Crippen LogP contribution in [0, 0.1) is 18.8 Å². The average Bonchev–Trinajstić information content (AvgIpc) is 3.05. The number of nitrogens with zero attached hydrogens (tertiary/aromatic N) is 1. The molecule has 2 heterocycles. The molecule has 2 aromatic rings. The monoisotopic (exact) mass is 470 g/mol. The number of aryl methyl sites for hydroxylation is 1. The van der Waals surface area contributed by atoms with Crippen molar-refractivity contribution < 1.29 is 27.5 Å². The van der Waals surface area contributed by atoms with Gasteiger partial charge in [0.1, 0.15) is 13.2 Å². The van der Waals surface area contributed by atoms with Gasteiger partial charge in [-0.2, -0.15) is 0 Å². The minimum absolute atomic E-state index is 0.0808. The Hall–Kier alpha value is -3.07. The number of fused-ring (bicyclic) bond motifs is 2. The summed E-state index contributed by atoms with van der Waals surface area (Å²) in [5.41, 5.74) is 1.53. The number of likely N-dealkylation sites (tertiary alicyclic amines) is 1. The van der Waals surface area contributed by atoms with Crippen LogP contribution >= 0.6 is 0 Å². The number of anilines is 1. The van der Waals surface area contributed by atoms with Gasteiger partial charge >= 0.3 is 0 Å². The number of benzene rings is 2. The fraction of sp³-hybridized carbons (Fsp3) is 0.417. The number of hydrogen-bond donors (Lipinski definition) is 1. The summed E-state index contributed by atoms with van der Waals surface area (Å²) in [5, 5.41) is 0. The summed E-state index contributed by atoms with van der Waals surface area (Å²) in [6.07, 6.45) is 3.43.